The van der Waals surface area contributed by atoms with Crippen LogP contribution >= 0.6 is 0 Å². The normalized spacial score (nSPS) is 19.9. The average molecular weight is 384 g/mol. The summed E-state index contributed by atoms with van der Waals surface area (Å²) in [5, 5.41) is 10.2. The quantitative estimate of drug-likeness (QED) is 0.883. The van der Waals surface area contributed by atoms with Crippen molar-refractivity contribution in [3.8, 4) is 5.75 Å². The van der Waals surface area contributed by atoms with E-state index in [2.05, 4.69) is 4.90 Å². The molecule has 148 valence electrons. The first-order valence-corrected chi connectivity index (χ1v) is 9.65. The minimum atomic E-state index is -0.397. The number of phenolic OH excluding ortho intramolecular Hbond substituents is 1. The third kappa shape index (κ3) is 3.88. The molecule has 2 fully saturated rings. The summed E-state index contributed by atoms with van der Waals surface area (Å²) >= 11 is 0. The Labute approximate surface area is 164 Å². The van der Waals surface area contributed by atoms with E-state index in [0.717, 1.165) is 37.1 Å². The van der Waals surface area contributed by atoms with Crippen LogP contribution in [-0.2, 0) is 16.1 Å². The summed E-state index contributed by atoms with van der Waals surface area (Å²) in [6.07, 6.45) is 1.58. The number of carbonyl (C=O) groups is 1. The van der Waals surface area contributed by atoms with Crippen LogP contribution in [0.15, 0.2) is 42.5 Å². The predicted molar refractivity (Wildman–Crippen MR) is 105 cm³/mol. The number of hydrogen-bond donors (Lipinski definition) is 1. The van der Waals surface area contributed by atoms with Crippen molar-refractivity contribution in [3.63, 3.8) is 0 Å². The predicted octanol–water partition coefficient (Wildman–Crippen LogP) is 3.24. The fourth-order valence-electron chi connectivity index (χ4n) is 4.06. The Hall–Kier alpha value is -2.44. The van der Waals surface area contributed by atoms with Crippen LogP contribution < -0.4 is 4.90 Å². The highest BCUT2D eigenvalue weighted by atomic mass is 19.1. The molecule has 0 radical (unpaired) electrons. The number of rotatable bonds is 3. The van der Waals surface area contributed by atoms with Crippen LogP contribution in [0, 0.1) is 12.7 Å². The lowest BCUT2D eigenvalue weighted by atomic mass is 9.88. The van der Waals surface area contributed by atoms with Crippen LogP contribution in [0.25, 0.3) is 0 Å². The van der Waals surface area contributed by atoms with Gasteiger partial charge in [-0.3, -0.25) is 9.69 Å². The maximum Gasteiger partial charge on any atom is 0.253 e. The highest BCUT2D eigenvalue weighted by molar-refractivity contribution is 5.95. The molecule has 5 nitrogen and oxygen atoms in total. The second-order valence-corrected chi connectivity index (χ2v) is 7.84. The molecule has 0 aromatic heterocycles. The molecule has 2 heterocycles. The Morgan fingerprint density at radius 1 is 1.18 bits per heavy atom. The number of morpholine rings is 1. The van der Waals surface area contributed by atoms with Crippen molar-refractivity contribution in [3.05, 3.63) is 59.4 Å². The number of piperidine rings is 1. The molecule has 0 aliphatic carbocycles. The molecule has 28 heavy (non-hydrogen) atoms. The number of hydrogen-bond acceptors (Lipinski definition) is 4. The lowest BCUT2D eigenvalue weighted by Gasteiger charge is -2.47. The standard InChI is InChI=1S/C22H25FN2O3/c1-16-5-6-17(20(26)11-16)13-24-9-7-22(8-10-24)15-25(21(27)14-28-22)19-4-2-3-18(23)12-19/h2-6,11-12,26H,7-10,13-15H2,1H3. The molecule has 0 bridgehead atoms. The summed E-state index contributed by atoms with van der Waals surface area (Å²) < 4.78 is 19.6. The molecule has 2 saturated heterocycles. The second-order valence-electron chi connectivity index (χ2n) is 7.84. The number of phenols is 1. The molecule has 0 unspecified atom stereocenters. The summed E-state index contributed by atoms with van der Waals surface area (Å²) in [5.41, 5.74) is 2.14. The number of anilines is 1. The minimum Gasteiger partial charge on any atom is -0.508 e. The highest BCUT2D eigenvalue weighted by Gasteiger charge is 2.42. The molecule has 1 amide bonds. The lowest BCUT2D eigenvalue weighted by molar-refractivity contribution is -0.145. The van der Waals surface area contributed by atoms with Crippen LogP contribution in [-0.4, -0.2) is 47.8 Å². The number of aryl methyl sites for hydroxylation is 1. The topological polar surface area (TPSA) is 53.0 Å². The minimum absolute atomic E-state index is 0.0231. The first-order chi connectivity index (χ1) is 13.4. The molecule has 4 rings (SSSR count). The third-order valence-electron chi connectivity index (χ3n) is 5.77. The molecular weight excluding hydrogens is 359 g/mol. The van der Waals surface area contributed by atoms with Gasteiger partial charge in [0, 0.05) is 30.9 Å². The fourth-order valence-corrected chi connectivity index (χ4v) is 4.06. The summed E-state index contributed by atoms with van der Waals surface area (Å²) in [4.78, 5) is 16.3. The Morgan fingerprint density at radius 2 is 1.96 bits per heavy atom. The molecule has 6 heteroatoms. The number of halogens is 1. The molecule has 0 atom stereocenters. The van der Waals surface area contributed by atoms with Crippen LogP contribution in [0.4, 0.5) is 10.1 Å². The number of amides is 1. The smallest absolute Gasteiger partial charge is 0.253 e. The lowest BCUT2D eigenvalue weighted by Crippen LogP contribution is -2.58. The van der Waals surface area contributed by atoms with E-state index in [1.165, 1.54) is 12.1 Å². The van der Waals surface area contributed by atoms with Gasteiger partial charge in [-0.05, 0) is 49.6 Å². The fraction of sp³-hybridized carbons (Fsp3) is 0.409. The number of aromatic hydroxyl groups is 1. The van der Waals surface area contributed by atoms with E-state index in [4.69, 9.17) is 4.74 Å². The first kappa shape index (κ1) is 18.9. The zero-order valence-electron chi connectivity index (χ0n) is 16.0. The number of nitrogens with zero attached hydrogens (tertiary/aromatic N) is 2. The van der Waals surface area contributed by atoms with Gasteiger partial charge in [0.1, 0.15) is 18.2 Å². The molecule has 1 spiro atoms. The zero-order valence-corrected chi connectivity index (χ0v) is 16.0. The van der Waals surface area contributed by atoms with Crippen LogP contribution in [0.2, 0.25) is 0 Å². The number of carbonyl (C=O) groups excluding carboxylic acids is 1. The molecule has 2 aromatic carbocycles. The molecule has 2 aromatic rings. The number of ether oxygens (including phenoxy) is 1. The van der Waals surface area contributed by atoms with Crippen molar-refractivity contribution in [1.82, 2.24) is 4.90 Å². The van der Waals surface area contributed by atoms with Crippen molar-refractivity contribution in [2.24, 2.45) is 0 Å². The van der Waals surface area contributed by atoms with Crippen molar-refractivity contribution in [1.29, 1.82) is 0 Å². The van der Waals surface area contributed by atoms with Gasteiger partial charge in [0.15, 0.2) is 0 Å². The Balaban J connectivity index is 1.42. The van der Waals surface area contributed by atoms with Gasteiger partial charge in [0.25, 0.3) is 5.91 Å². The largest absolute Gasteiger partial charge is 0.508 e. The Morgan fingerprint density at radius 3 is 2.68 bits per heavy atom. The zero-order chi connectivity index (χ0) is 19.7. The van der Waals surface area contributed by atoms with E-state index in [0.29, 0.717) is 24.5 Å². The van der Waals surface area contributed by atoms with E-state index in [1.807, 2.05) is 19.1 Å². The second kappa shape index (κ2) is 7.53. The monoisotopic (exact) mass is 384 g/mol. The van der Waals surface area contributed by atoms with Crippen molar-refractivity contribution in [2.75, 3.05) is 31.1 Å². The molecule has 1 N–H and O–H groups in total. The Kier molecular flexibility index (Phi) is 5.08. The third-order valence-corrected chi connectivity index (χ3v) is 5.77. The molecular formula is C22H25FN2O3. The summed E-state index contributed by atoms with van der Waals surface area (Å²) in [7, 11) is 0. The van der Waals surface area contributed by atoms with E-state index in [1.54, 1.807) is 23.1 Å². The van der Waals surface area contributed by atoms with E-state index in [9.17, 15) is 14.3 Å². The van der Waals surface area contributed by atoms with E-state index < -0.39 is 5.60 Å². The van der Waals surface area contributed by atoms with E-state index >= 15 is 0 Å². The maximum absolute atomic E-state index is 13.6. The van der Waals surface area contributed by atoms with Gasteiger partial charge in [-0.2, -0.15) is 0 Å². The Bertz CT molecular complexity index is 878. The summed E-state index contributed by atoms with van der Waals surface area (Å²) in [5.74, 6) is -0.154. The maximum atomic E-state index is 13.6. The van der Waals surface area contributed by atoms with Crippen molar-refractivity contribution < 1.29 is 19.0 Å². The van der Waals surface area contributed by atoms with Crippen LogP contribution in [0.1, 0.15) is 24.0 Å². The number of likely N-dealkylation sites (tertiary alicyclic amines) is 1. The van der Waals surface area contributed by atoms with Gasteiger partial charge in [-0.15, -0.1) is 0 Å². The molecule has 2 aliphatic rings. The van der Waals surface area contributed by atoms with Gasteiger partial charge in [0.05, 0.1) is 12.1 Å². The number of benzene rings is 2. The first-order valence-electron chi connectivity index (χ1n) is 9.65. The molecule has 2 aliphatic heterocycles. The van der Waals surface area contributed by atoms with Crippen LogP contribution in [0.5, 0.6) is 5.75 Å². The van der Waals surface area contributed by atoms with E-state index in [-0.39, 0.29) is 18.3 Å². The average Bonchev–Trinajstić information content (AvgIpc) is 2.68. The van der Waals surface area contributed by atoms with Gasteiger partial charge in [0.2, 0.25) is 0 Å². The van der Waals surface area contributed by atoms with Gasteiger partial charge >= 0.3 is 0 Å². The van der Waals surface area contributed by atoms with Crippen molar-refractivity contribution in [2.45, 2.75) is 31.9 Å². The summed E-state index contributed by atoms with van der Waals surface area (Å²) in [6.45, 7) is 4.75. The highest BCUT2D eigenvalue weighted by Crippen LogP contribution is 2.34. The SMILES string of the molecule is Cc1ccc(CN2CCC3(CC2)CN(c2cccc(F)c2)C(=O)CO3)c(O)c1. The summed E-state index contributed by atoms with van der Waals surface area (Å²) in [6, 6.07) is 11.9. The van der Waals surface area contributed by atoms with Crippen LogP contribution in [0.3, 0.4) is 0 Å². The van der Waals surface area contributed by atoms with Gasteiger partial charge < -0.3 is 14.7 Å². The molecule has 0 saturated carbocycles. The van der Waals surface area contributed by atoms with Crippen molar-refractivity contribution >= 4 is 11.6 Å². The van der Waals surface area contributed by atoms with Gasteiger partial charge in [-0.25, -0.2) is 4.39 Å². The van der Waals surface area contributed by atoms with Gasteiger partial charge in [-0.1, -0.05) is 18.2 Å².